The fourth-order valence-corrected chi connectivity index (χ4v) is 1.73. The zero-order valence-corrected chi connectivity index (χ0v) is 10.6. The largest absolute Gasteiger partial charge is 0.381 e. The van der Waals surface area contributed by atoms with E-state index < -0.39 is 11.7 Å². The lowest BCUT2D eigenvalue weighted by Gasteiger charge is -2.08. The van der Waals surface area contributed by atoms with Crippen LogP contribution in [0.2, 0.25) is 0 Å². The third kappa shape index (κ3) is 3.31. The van der Waals surface area contributed by atoms with Crippen LogP contribution in [0.1, 0.15) is 21.5 Å². The normalized spacial score (nSPS) is 10.2. The molecule has 0 atom stereocenters. The van der Waals surface area contributed by atoms with E-state index in [9.17, 15) is 9.18 Å². The van der Waals surface area contributed by atoms with Crippen molar-refractivity contribution in [2.45, 2.75) is 13.5 Å². The van der Waals surface area contributed by atoms with Crippen LogP contribution in [0.25, 0.3) is 0 Å². The Morgan fingerprint density at radius 3 is 2.53 bits per heavy atom. The third-order valence-corrected chi connectivity index (χ3v) is 2.85. The molecule has 0 aromatic heterocycles. The van der Waals surface area contributed by atoms with Crippen molar-refractivity contribution in [3.05, 3.63) is 65.0 Å². The highest BCUT2D eigenvalue weighted by molar-refractivity contribution is 5.94. The van der Waals surface area contributed by atoms with Gasteiger partial charge in [0.05, 0.1) is 5.56 Å². The van der Waals surface area contributed by atoms with Gasteiger partial charge in [-0.2, -0.15) is 0 Å². The zero-order chi connectivity index (χ0) is 13.8. The van der Waals surface area contributed by atoms with Crippen LogP contribution in [0, 0.1) is 12.7 Å². The molecule has 98 valence electrons. The van der Waals surface area contributed by atoms with Crippen molar-refractivity contribution in [3.8, 4) is 0 Å². The molecule has 0 radical (unpaired) electrons. The Morgan fingerprint density at radius 1 is 1.21 bits per heavy atom. The second-order valence-corrected chi connectivity index (χ2v) is 4.40. The summed E-state index contributed by atoms with van der Waals surface area (Å²) >= 11 is 0. The Labute approximate surface area is 111 Å². The number of anilines is 1. The first-order valence-corrected chi connectivity index (χ1v) is 5.95. The lowest BCUT2D eigenvalue weighted by molar-refractivity contribution is 0.0996. The molecule has 1 amide bonds. The van der Waals surface area contributed by atoms with Gasteiger partial charge in [0, 0.05) is 12.2 Å². The summed E-state index contributed by atoms with van der Waals surface area (Å²) in [5, 5.41) is 3.13. The van der Waals surface area contributed by atoms with Crippen molar-refractivity contribution >= 4 is 11.6 Å². The van der Waals surface area contributed by atoms with Gasteiger partial charge in [0.15, 0.2) is 0 Å². The van der Waals surface area contributed by atoms with E-state index in [0.29, 0.717) is 12.2 Å². The number of hydrogen-bond acceptors (Lipinski definition) is 2. The quantitative estimate of drug-likeness (QED) is 0.886. The van der Waals surface area contributed by atoms with Crippen molar-refractivity contribution in [3.63, 3.8) is 0 Å². The van der Waals surface area contributed by atoms with Crippen molar-refractivity contribution in [2.24, 2.45) is 5.73 Å². The molecular formula is C15H15FN2O. The molecule has 0 spiro atoms. The summed E-state index contributed by atoms with van der Waals surface area (Å²) in [4.78, 5) is 11.0. The molecule has 0 saturated heterocycles. The van der Waals surface area contributed by atoms with Crippen LogP contribution in [-0.4, -0.2) is 5.91 Å². The Balaban J connectivity index is 2.09. The van der Waals surface area contributed by atoms with Crippen LogP contribution in [0.15, 0.2) is 42.5 Å². The second kappa shape index (κ2) is 5.52. The van der Waals surface area contributed by atoms with Crippen molar-refractivity contribution < 1.29 is 9.18 Å². The van der Waals surface area contributed by atoms with Crippen molar-refractivity contribution in [1.82, 2.24) is 0 Å². The minimum absolute atomic E-state index is 0.103. The number of amides is 1. The number of hydrogen-bond donors (Lipinski definition) is 2. The summed E-state index contributed by atoms with van der Waals surface area (Å²) in [5.74, 6) is -1.37. The number of carbonyl (C=O) groups excluding carboxylic acids is 1. The molecule has 2 aromatic rings. The summed E-state index contributed by atoms with van der Waals surface area (Å²) in [6, 6.07) is 12.3. The summed E-state index contributed by atoms with van der Waals surface area (Å²) < 4.78 is 13.3. The summed E-state index contributed by atoms with van der Waals surface area (Å²) in [6.07, 6.45) is 0. The van der Waals surface area contributed by atoms with Gasteiger partial charge in [-0.05, 0) is 30.7 Å². The Morgan fingerprint density at radius 2 is 1.89 bits per heavy atom. The monoisotopic (exact) mass is 258 g/mol. The number of primary amides is 1. The summed E-state index contributed by atoms with van der Waals surface area (Å²) in [6.45, 7) is 2.63. The molecule has 4 heteroatoms. The number of rotatable bonds is 4. The Hall–Kier alpha value is -2.36. The maximum atomic E-state index is 13.3. The highest BCUT2D eigenvalue weighted by atomic mass is 19.1. The lowest BCUT2D eigenvalue weighted by atomic mass is 10.1. The van der Waals surface area contributed by atoms with E-state index in [2.05, 4.69) is 5.32 Å². The molecular weight excluding hydrogens is 243 g/mol. The van der Waals surface area contributed by atoms with Gasteiger partial charge >= 0.3 is 0 Å². The average molecular weight is 258 g/mol. The predicted octanol–water partition coefficient (Wildman–Crippen LogP) is 2.85. The summed E-state index contributed by atoms with van der Waals surface area (Å²) in [7, 11) is 0. The molecule has 2 rings (SSSR count). The van der Waals surface area contributed by atoms with Gasteiger partial charge in [-0.3, -0.25) is 4.79 Å². The maximum Gasteiger partial charge on any atom is 0.251 e. The fourth-order valence-electron chi connectivity index (χ4n) is 1.73. The summed E-state index contributed by atoms with van der Waals surface area (Å²) in [5.41, 5.74) is 7.96. The van der Waals surface area contributed by atoms with E-state index >= 15 is 0 Å². The molecule has 2 aromatic carbocycles. The molecule has 0 unspecified atom stereocenters. The van der Waals surface area contributed by atoms with E-state index in [1.807, 2.05) is 31.2 Å². The standard InChI is InChI=1S/C15H15FN2O/c1-10-2-4-11(5-3-10)9-18-12-6-7-14(16)13(8-12)15(17)19/h2-8,18H,9H2,1H3,(H2,17,19). The van der Waals surface area contributed by atoms with Gasteiger partial charge in [0.2, 0.25) is 0 Å². The minimum Gasteiger partial charge on any atom is -0.381 e. The smallest absolute Gasteiger partial charge is 0.251 e. The molecule has 3 nitrogen and oxygen atoms in total. The molecule has 0 saturated carbocycles. The SMILES string of the molecule is Cc1ccc(CNc2ccc(F)c(C(N)=O)c2)cc1. The number of aryl methyl sites for hydroxylation is 1. The van der Waals surface area contributed by atoms with Crippen molar-refractivity contribution in [1.29, 1.82) is 0 Å². The molecule has 3 N–H and O–H groups in total. The van der Waals surface area contributed by atoms with Crippen LogP contribution < -0.4 is 11.1 Å². The molecule has 0 bridgehead atoms. The Bertz CT molecular complexity index is 594. The van der Waals surface area contributed by atoms with Crippen LogP contribution in [0.4, 0.5) is 10.1 Å². The number of nitrogens with one attached hydrogen (secondary N) is 1. The molecule has 0 aliphatic rings. The Kier molecular flexibility index (Phi) is 3.80. The predicted molar refractivity (Wildman–Crippen MR) is 73.4 cm³/mol. The lowest BCUT2D eigenvalue weighted by Crippen LogP contribution is -2.13. The molecule has 19 heavy (non-hydrogen) atoms. The maximum absolute atomic E-state index is 13.3. The number of carbonyl (C=O) groups is 1. The highest BCUT2D eigenvalue weighted by Gasteiger charge is 2.08. The minimum atomic E-state index is -0.767. The number of halogens is 1. The second-order valence-electron chi connectivity index (χ2n) is 4.40. The molecule has 0 aliphatic carbocycles. The third-order valence-electron chi connectivity index (χ3n) is 2.85. The van der Waals surface area contributed by atoms with Gasteiger partial charge in [0.1, 0.15) is 5.82 Å². The van der Waals surface area contributed by atoms with E-state index in [1.165, 1.54) is 17.7 Å². The first-order valence-electron chi connectivity index (χ1n) is 5.95. The molecule has 0 aliphatic heterocycles. The number of benzene rings is 2. The average Bonchev–Trinajstić information content (AvgIpc) is 2.39. The van der Waals surface area contributed by atoms with Crippen LogP contribution >= 0.6 is 0 Å². The van der Waals surface area contributed by atoms with E-state index in [1.54, 1.807) is 6.07 Å². The fraction of sp³-hybridized carbons (Fsp3) is 0.133. The first-order chi connectivity index (χ1) is 9.06. The molecule has 0 fully saturated rings. The topological polar surface area (TPSA) is 55.1 Å². The van der Waals surface area contributed by atoms with Crippen LogP contribution in [0.3, 0.4) is 0 Å². The first kappa shape index (κ1) is 13.1. The highest BCUT2D eigenvalue weighted by Crippen LogP contribution is 2.15. The van der Waals surface area contributed by atoms with Gasteiger partial charge in [-0.25, -0.2) is 4.39 Å². The molecule has 0 heterocycles. The van der Waals surface area contributed by atoms with Gasteiger partial charge < -0.3 is 11.1 Å². The van der Waals surface area contributed by atoms with Crippen LogP contribution in [0.5, 0.6) is 0 Å². The van der Waals surface area contributed by atoms with Gasteiger partial charge in [0.25, 0.3) is 5.91 Å². The van der Waals surface area contributed by atoms with E-state index in [-0.39, 0.29) is 5.56 Å². The van der Waals surface area contributed by atoms with Crippen molar-refractivity contribution in [2.75, 3.05) is 5.32 Å². The zero-order valence-electron chi connectivity index (χ0n) is 10.6. The van der Waals surface area contributed by atoms with E-state index in [0.717, 1.165) is 5.56 Å². The van der Waals surface area contributed by atoms with Gasteiger partial charge in [-0.15, -0.1) is 0 Å². The van der Waals surface area contributed by atoms with Crippen LogP contribution in [-0.2, 0) is 6.54 Å². The van der Waals surface area contributed by atoms with Gasteiger partial charge in [-0.1, -0.05) is 29.8 Å². The number of nitrogens with two attached hydrogens (primary N) is 1. The van der Waals surface area contributed by atoms with E-state index in [4.69, 9.17) is 5.73 Å².